The molecule has 1 aliphatic heterocycles. The van der Waals surface area contributed by atoms with Crippen LogP contribution in [-0.2, 0) is 19.1 Å². The van der Waals surface area contributed by atoms with Crippen LogP contribution in [0.5, 0.6) is 5.75 Å². The molecule has 0 saturated carbocycles. The highest BCUT2D eigenvalue weighted by molar-refractivity contribution is 5.88. The third-order valence-corrected chi connectivity index (χ3v) is 5.21. The molecule has 0 fully saturated rings. The molecule has 0 radical (unpaired) electrons. The molecule has 2 heterocycles. The van der Waals surface area contributed by atoms with Gasteiger partial charge in [0.05, 0.1) is 0 Å². The molecular formula is C24H28O7. The number of allylic oxidation sites excluding steroid dienone is 1. The van der Waals surface area contributed by atoms with Gasteiger partial charge in [-0.3, -0.25) is 4.79 Å². The van der Waals surface area contributed by atoms with Gasteiger partial charge in [0.2, 0.25) is 0 Å². The predicted molar refractivity (Wildman–Crippen MR) is 115 cm³/mol. The van der Waals surface area contributed by atoms with E-state index in [1.165, 1.54) is 6.07 Å². The molecule has 0 bridgehead atoms. The van der Waals surface area contributed by atoms with Crippen LogP contribution in [0.1, 0.15) is 59.6 Å². The molecule has 7 heteroatoms. The summed E-state index contributed by atoms with van der Waals surface area (Å²) in [5.41, 5.74) is -0.143. The van der Waals surface area contributed by atoms with Gasteiger partial charge in [-0.2, -0.15) is 0 Å². The van der Waals surface area contributed by atoms with Crippen LogP contribution < -0.4 is 10.4 Å². The lowest BCUT2D eigenvalue weighted by Gasteiger charge is -2.43. The summed E-state index contributed by atoms with van der Waals surface area (Å²) in [6.07, 6.45) is 0.119. The number of hydrogen-bond donors (Lipinski definition) is 0. The number of carbonyl (C=O) groups is 2. The molecule has 7 nitrogen and oxygen atoms in total. The van der Waals surface area contributed by atoms with Gasteiger partial charge in [0, 0.05) is 35.1 Å². The second-order valence-electron chi connectivity index (χ2n) is 8.69. The van der Waals surface area contributed by atoms with E-state index in [1.54, 1.807) is 52.0 Å². The lowest BCUT2D eigenvalue weighted by atomic mass is 9.87. The van der Waals surface area contributed by atoms with Crippen LogP contribution in [0, 0.1) is 5.92 Å². The van der Waals surface area contributed by atoms with Gasteiger partial charge < -0.3 is 18.6 Å². The largest absolute Gasteiger partial charge is 0.483 e. The van der Waals surface area contributed by atoms with E-state index in [9.17, 15) is 14.4 Å². The van der Waals surface area contributed by atoms with Crippen molar-refractivity contribution in [2.45, 2.75) is 65.8 Å². The summed E-state index contributed by atoms with van der Waals surface area (Å²) >= 11 is 0. The van der Waals surface area contributed by atoms with Crippen LogP contribution in [0.2, 0.25) is 0 Å². The van der Waals surface area contributed by atoms with Gasteiger partial charge in [0.1, 0.15) is 16.9 Å². The van der Waals surface area contributed by atoms with Crippen molar-refractivity contribution >= 4 is 22.9 Å². The van der Waals surface area contributed by atoms with Crippen molar-refractivity contribution in [3.05, 3.63) is 51.9 Å². The minimum absolute atomic E-state index is 0.108. The number of esters is 2. The molecule has 1 aromatic carbocycles. The summed E-state index contributed by atoms with van der Waals surface area (Å²) in [6, 6.07) is 6.28. The van der Waals surface area contributed by atoms with E-state index in [-0.39, 0.29) is 12.3 Å². The van der Waals surface area contributed by atoms with Crippen molar-refractivity contribution in [3.63, 3.8) is 0 Å². The van der Waals surface area contributed by atoms with E-state index in [0.29, 0.717) is 27.9 Å². The van der Waals surface area contributed by atoms with E-state index in [0.717, 1.165) is 0 Å². The maximum Gasteiger partial charge on any atom is 0.336 e. The lowest BCUT2D eigenvalue weighted by molar-refractivity contribution is -0.188. The topological polar surface area (TPSA) is 92.0 Å². The average molecular weight is 428 g/mol. The Hall–Kier alpha value is -3.09. The standard InChI is InChI=1S/C24H28O7/c1-7-14(4)23(27)30-22-21(29-20(26)10-13(2)3)16-11-15-8-9-19(25)28-17(15)12-18(16)31-24(22,5)6/h7-9,11-13,21-22H,10H2,1-6H3. The minimum Gasteiger partial charge on any atom is -0.483 e. The maximum absolute atomic E-state index is 12.6. The van der Waals surface area contributed by atoms with Crippen molar-refractivity contribution in [3.8, 4) is 5.75 Å². The van der Waals surface area contributed by atoms with Crippen molar-refractivity contribution < 1.29 is 28.2 Å². The smallest absolute Gasteiger partial charge is 0.336 e. The number of rotatable bonds is 5. The first-order valence-electron chi connectivity index (χ1n) is 10.3. The number of hydrogen-bond acceptors (Lipinski definition) is 7. The van der Waals surface area contributed by atoms with E-state index in [2.05, 4.69) is 0 Å². The first-order chi connectivity index (χ1) is 14.5. The zero-order valence-corrected chi connectivity index (χ0v) is 18.7. The average Bonchev–Trinajstić information content (AvgIpc) is 2.67. The molecule has 2 atom stereocenters. The predicted octanol–water partition coefficient (Wildman–Crippen LogP) is 4.47. The minimum atomic E-state index is -1.01. The third kappa shape index (κ3) is 4.81. The van der Waals surface area contributed by atoms with Crippen LogP contribution in [0.25, 0.3) is 11.0 Å². The Kier molecular flexibility index (Phi) is 6.25. The quantitative estimate of drug-likeness (QED) is 0.394. The van der Waals surface area contributed by atoms with E-state index in [4.69, 9.17) is 18.6 Å². The Labute approximate surface area is 181 Å². The summed E-state index contributed by atoms with van der Waals surface area (Å²) in [4.78, 5) is 36.8. The van der Waals surface area contributed by atoms with Crippen LogP contribution in [0.4, 0.5) is 0 Å². The molecule has 0 N–H and O–H groups in total. The van der Waals surface area contributed by atoms with Crippen molar-refractivity contribution in [2.24, 2.45) is 5.92 Å². The number of ether oxygens (including phenoxy) is 3. The highest BCUT2D eigenvalue weighted by Gasteiger charge is 2.49. The molecular weight excluding hydrogens is 400 g/mol. The fraction of sp³-hybridized carbons (Fsp3) is 0.458. The fourth-order valence-electron chi connectivity index (χ4n) is 3.47. The Bertz CT molecular complexity index is 1090. The molecule has 31 heavy (non-hydrogen) atoms. The summed E-state index contributed by atoms with van der Waals surface area (Å²) in [7, 11) is 0. The SMILES string of the molecule is CC=C(C)C(=O)OC1C(OC(=O)CC(C)C)c2cc3ccc(=O)oc3cc2OC1(C)C. The Balaban J connectivity index is 2.11. The molecule has 3 rings (SSSR count). The molecule has 166 valence electrons. The monoisotopic (exact) mass is 428 g/mol. The maximum atomic E-state index is 12.6. The molecule has 0 aliphatic carbocycles. The summed E-state index contributed by atoms with van der Waals surface area (Å²) in [5, 5.41) is 0.640. The first kappa shape index (κ1) is 22.6. The van der Waals surface area contributed by atoms with Gasteiger partial charge >= 0.3 is 17.6 Å². The van der Waals surface area contributed by atoms with Crippen LogP contribution >= 0.6 is 0 Å². The van der Waals surface area contributed by atoms with Gasteiger partial charge in [-0.05, 0) is 45.7 Å². The van der Waals surface area contributed by atoms with Gasteiger partial charge in [-0.25, -0.2) is 9.59 Å². The molecule has 1 aliphatic rings. The van der Waals surface area contributed by atoms with Gasteiger partial charge in [0.15, 0.2) is 12.2 Å². The highest BCUT2D eigenvalue weighted by Crippen LogP contribution is 2.45. The zero-order valence-electron chi connectivity index (χ0n) is 18.7. The van der Waals surface area contributed by atoms with Gasteiger partial charge in [-0.15, -0.1) is 0 Å². The number of fused-ring (bicyclic) bond motifs is 2. The number of benzene rings is 1. The van der Waals surface area contributed by atoms with E-state index in [1.807, 2.05) is 13.8 Å². The molecule has 2 aromatic rings. The number of carbonyl (C=O) groups excluding carboxylic acids is 2. The Morgan fingerprint density at radius 2 is 1.90 bits per heavy atom. The van der Waals surface area contributed by atoms with Gasteiger partial charge in [0.25, 0.3) is 0 Å². The second-order valence-corrected chi connectivity index (χ2v) is 8.69. The van der Waals surface area contributed by atoms with Crippen molar-refractivity contribution in [1.82, 2.24) is 0 Å². The third-order valence-electron chi connectivity index (χ3n) is 5.21. The van der Waals surface area contributed by atoms with Crippen LogP contribution in [-0.4, -0.2) is 23.6 Å². The second kappa shape index (κ2) is 8.57. The lowest BCUT2D eigenvalue weighted by Crippen LogP contribution is -2.52. The zero-order chi connectivity index (χ0) is 22.9. The molecule has 1 aromatic heterocycles. The van der Waals surface area contributed by atoms with Crippen molar-refractivity contribution in [2.75, 3.05) is 0 Å². The molecule has 2 unspecified atom stereocenters. The highest BCUT2D eigenvalue weighted by atomic mass is 16.6. The first-order valence-corrected chi connectivity index (χ1v) is 10.3. The Morgan fingerprint density at radius 1 is 1.19 bits per heavy atom. The summed E-state index contributed by atoms with van der Waals surface area (Å²) < 4.78 is 23.0. The van der Waals surface area contributed by atoms with Gasteiger partial charge in [-0.1, -0.05) is 19.9 Å². The molecule has 0 amide bonds. The fourth-order valence-corrected chi connectivity index (χ4v) is 3.47. The normalized spacial score (nSPS) is 20.2. The van der Waals surface area contributed by atoms with Crippen LogP contribution in [0.15, 0.2) is 45.1 Å². The molecule has 0 saturated heterocycles. The van der Waals surface area contributed by atoms with E-state index >= 15 is 0 Å². The Morgan fingerprint density at radius 3 is 2.55 bits per heavy atom. The molecule has 0 spiro atoms. The van der Waals surface area contributed by atoms with Crippen LogP contribution in [0.3, 0.4) is 0 Å². The van der Waals surface area contributed by atoms with Crippen molar-refractivity contribution in [1.29, 1.82) is 0 Å². The summed E-state index contributed by atoms with van der Waals surface area (Å²) in [6.45, 7) is 10.8. The summed E-state index contributed by atoms with van der Waals surface area (Å²) in [5.74, 6) is -0.391. The van der Waals surface area contributed by atoms with E-state index < -0.39 is 35.4 Å².